The Bertz CT molecular complexity index is 655. The summed E-state index contributed by atoms with van der Waals surface area (Å²) in [7, 11) is 1.87. The number of aromatic nitrogens is 1. The van der Waals surface area contributed by atoms with E-state index in [2.05, 4.69) is 6.07 Å². The third kappa shape index (κ3) is 2.32. The maximum atomic E-state index is 11.9. The van der Waals surface area contributed by atoms with Crippen LogP contribution in [0.25, 0.3) is 0 Å². The van der Waals surface area contributed by atoms with E-state index < -0.39 is 11.8 Å². The van der Waals surface area contributed by atoms with E-state index in [1.807, 2.05) is 36.1 Å². The number of pyridine rings is 1. The van der Waals surface area contributed by atoms with E-state index in [-0.39, 0.29) is 11.7 Å². The second kappa shape index (κ2) is 5.25. The van der Waals surface area contributed by atoms with Gasteiger partial charge in [-0.15, -0.1) is 0 Å². The summed E-state index contributed by atoms with van der Waals surface area (Å²) in [5, 5.41) is 17.3. The van der Waals surface area contributed by atoms with Gasteiger partial charge in [-0.3, -0.25) is 10.2 Å². The lowest BCUT2D eigenvalue weighted by Crippen LogP contribution is -2.36. The van der Waals surface area contributed by atoms with Gasteiger partial charge in [-0.05, 0) is 19.9 Å². The molecule has 2 heterocycles. The summed E-state index contributed by atoms with van der Waals surface area (Å²) in [6.45, 7) is 3.08. The van der Waals surface area contributed by atoms with Gasteiger partial charge in [0, 0.05) is 17.5 Å². The van der Waals surface area contributed by atoms with E-state index in [4.69, 9.17) is 10.1 Å². The highest BCUT2D eigenvalue weighted by Crippen LogP contribution is 2.38. The number of aryl methyl sites for hydroxylation is 1. The Morgan fingerprint density at radius 1 is 1.55 bits per heavy atom. The molecule has 0 saturated carbocycles. The summed E-state index contributed by atoms with van der Waals surface area (Å²) in [6.07, 6.45) is 3.74. The van der Waals surface area contributed by atoms with E-state index in [0.29, 0.717) is 11.3 Å². The molecule has 1 aliphatic heterocycles. The van der Waals surface area contributed by atoms with Crippen molar-refractivity contribution in [3.8, 4) is 6.07 Å². The fourth-order valence-corrected chi connectivity index (χ4v) is 2.54. The Morgan fingerprint density at radius 2 is 2.25 bits per heavy atom. The monoisotopic (exact) mass is 270 g/mol. The van der Waals surface area contributed by atoms with E-state index >= 15 is 0 Å². The van der Waals surface area contributed by atoms with Gasteiger partial charge in [0.05, 0.1) is 11.6 Å². The lowest BCUT2D eigenvalue weighted by Gasteiger charge is -2.30. The number of carbonyl (C=O) groups is 1. The third-order valence-electron chi connectivity index (χ3n) is 3.45. The molecule has 0 bridgehead atoms. The van der Waals surface area contributed by atoms with Crippen molar-refractivity contribution in [2.45, 2.75) is 19.8 Å². The summed E-state index contributed by atoms with van der Waals surface area (Å²) in [6, 6.07) is 5.85. The Labute approximate surface area is 117 Å². The fourth-order valence-electron chi connectivity index (χ4n) is 2.54. The second-order valence-electron chi connectivity index (χ2n) is 4.92. The van der Waals surface area contributed by atoms with Gasteiger partial charge in [0.1, 0.15) is 24.5 Å². The Kier molecular flexibility index (Phi) is 3.66. The molecule has 0 amide bonds. The first-order valence-corrected chi connectivity index (χ1v) is 6.28. The van der Waals surface area contributed by atoms with Crippen molar-refractivity contribution in [1.82, 2.24) is 0 Å². The summed E-state index contributed by atoms with van der Waals surface area (Å²) >= 11 is 0. The Hall–Kier alpha value is -2.48. The number of ketones is 1. The van der Waals surface area contributed by atoms with Crippen molar-refractivity contribution in [2.75, 3.05) is 0 Å². The molecule has 2 unspecified atom stereocenters. The number of hydrogen-bond donors (Lipinski definition) is 1. The van der Waals surface area contributed by atoms with Crippen molar-refractivity contribution in [3.05, 3.63) is 41.4 Å². The van der Waals surface area contributed by atoms with Gasteiger partial charge in [-0.2, -0.15) is 5.26 Å². The summed E-state index contributed by atoms with van der Waals surface area (Å²) < 4.78 is 7.12. The zero-order valence-electron chi connectivity index (χ0n) is 11.7. The molecule has 1 aliphatic rings. The number of carbonyl (C=O) groups excluding carboxylic acids is 1. The molecule has 5 nitrogen and oxygen atoms in total. The molecular weight excluding hydrogens is 254 g/mol. The number of rotatable bonds is 2. The highest BCUT2D eigenvalue weighted by atomic mass is 16.5. The van der Waals surface area contributed by atoms with Crippen LogP contribution in [0.1, 0.15) is 25.3 Å². The minimum absolute atomic E-state index is 0.0921. The molecule has 1 aromatic heterocycles. The molecule has 2 atom stereocenters. The SMILES string of the molecule is CC(=O)C1C(=N)OC(C)=C(C#N)C1c1ccc[n+](C)c1. The van der Waals surface area contributed by atoms with Gasteiger partial charge in [-0.25, -0.2) is 4.57 Å². The molecule has 0 radical (unpaired) electrons. The van der Waals surface area contributed by atoms with Crippen LogP contribution in [-0.4, -0.2) is 11.7 Å². The summed E-state index contributed by atoms with van der Waals surface area (Å²) in [4.78, 5) is 11.9. The zero-order valence-corrected chi connectivity index (χ0v) is 11.7. The van der Waals surface area contributed by atoms with Crippen LogP contribution in [0.15, 0.2) is 35.9 Å². The molecule has 5 heteroatoms. The predicted octanol–water partition coefficient (Wildman–Crippen LogP) is 1.60. The van der Waals surface area contributed by atoms with Gasteiger partial charge in [0.15, 0.2) is 18.3 Å². The van der Waals surface area contributed by atoms with Crippen LogP contribution >= 0.6 is 0 Å². The molecule has 0 spiro atoms. The third-order valence-corrected chi connectivity index (χ3v) is 3.45. The maximum Gasteiger partial charge on any atom is 0.198 e. The topological polar surface area (TPSA) is 77.8 Å². The Balaban J connectivity index is 2.64. The average molecular weight is 270 g/mol. The standard InChI is InChI=1S/C15H16N3O2/c1-9(19)13-14(11-5-4-6-18(3)8-11)12(7-16)10(2)20-15(13)17/h4-6,8,13-14,17H,1-3H3/q+1. The average Bonchev–Trinajstić information content (AvgIpc) is 2.37. The van der Waals surface area contributed by atoms with Crippen molar-refractivity contribution >= 4 is 11.7 Å². The molecule has 0 aliphatic carbocycles. The minimum atomic E-state index is -0.740. The van der Waals surface area contributed by atoms with Crippen molar-refractivity contribution in [2.24, 2.45) is 13.0 Å². The Morgan fingerprint density at radius 3 is 2.80 bits per heavy atom. The van der Waals surface area contributed by atoms with Gasteiger partial charge < -0.3 is 4.74 Å². The van der Waals surface area contributed by atoms with E-state index in [1.54, 1.807) is 6.92 Å². The van der Waals surface area contributed by atoms with Gasteiger partial charge in [0.2, 0.25) is 0 Å². The number of nitriles is 1. The number of hydrogen-bond acceptors (Lipinski definition) is 4. The molecule has 0 saturated heterocycles. The van der Waals surface area contributed by atoms with Crippen molar-refractivity contribution < 1.29 is 14.1 Å². The number of allylic oxidation sites excluding steroid dienone is 2. The van der Waals surface area contributed by atoms with Crippen LogP contribution in [-0.2, 0) is 16.6 Å². The quantitative estimate of drug-likeness (QED) is 0.829. The number of nitrogens with one attached hydrogen (secondary N) is 1. The largest absolute Gasteiger partial charge is 0.446 e. The number of Topliss-reactive ketones (excluding diaryl/α,β-unsaturated/α-hetero) is 1. The fraction of sp³-hybridized carbons (Fsp3) is 0.333. The van der Waals surface area contributed by atoms with Crippen molar-refractivity contribution in [3.63, 3.8) is 0 Å². The molecule has 1 N–H and O–H groups in total. The molecule has 0 fully saturated rings. The number of nitrogens with zero attached hydrogens (tertiary/aromatic N) is 2. The lowest BCUT2D eigenvalue weighted by molar-refractivity contribution is -0.672. The van der Waals surface area contributed by atoms with Gasteiger partial charge in [-0.1, -0.05) is 0 Å². The summed E-state index contributed by atoms with van der Waals surface area (Å²) in [5.74, 6) is -1.06. The first-order valence-electron chi connectivity index (χ1n) is 6.28. The first kappa shape index (κ1) is 13.9. The van der Waals surface area contributed by atoms with Crippen LogP contribution in [0.5, 0.6) is 0 Å². The predicted molar refractivity (Wildman–Crippen MR) is 71.7 cm³/mol. The first-order chi connectivity index (χ1) is 9.45. The molecule has 1 aromatic rings. The van der Waals surface area contributed by atoms with Crippen LogP contribution < -0.4 is 4.57 Å². The van der Waals surface area contributed by atoms with Crippen LogP contribution in [0.3, 0.4) is 0 Å². The molecule has 2 rings (SSSR count). The second-order valence-corrected chi connectivity index (χ2v) is 4.92. The zero-order chi connectivity index (χ0) is 14.9. The van der Waals surface area contributed by atoms with E-state index in [1.165, 1.54) is 6.92 Å². The van der Waals surface area contributed by atoms with E-state index in [0.717, 1.165) is 5.56 Å². The summed E-state index contributed by atoms with van der Waals surface area (Å²) in [5.41, 5.74) is 1.24. The number of ether oxygens (including phenoxy) is 1. The maximum absolute atomic E-state index is 11.9. The molecule has 0 aromatic carbocycles. The highest BCUT2D eigenvalue weighted by molar-refractivity contribution is 6.01. The van der Waals surface area contributed by atoms with Crippen molar-refractivity contribution in [1.29, 1.82) is 10.7 Å². The van der Waals surface area contributed by atoms with Gasteiger partial charge in [0.25, 0.3) is 0 Å². The lowest BCUT2D eigenvalue weighted by atomic mass is 9.77. The van der Waals surface area contributed by atoms with Crippen LogP contribution in [0.2, 0.25) is 0 Å². The minimum Gasteiger partial charge on any atom is -0.446 e. The normalized spacial score (nSPS) is 22.2. The van der Waals surface area contributed by atoms with Crippen LogP contribution in [0.4, 0.5) is 0 Å². The molecule has 20 heavy (non-hydrogen) atoms. The smallest absolute Gasteiger partial charge is 0.198 e. The molecule has 102 valence electrons. The highest BCUT2D eigenvalue weighted by Gasteiger charge is 2.41. The van der Waals surface area contributed by atoms with Crippen LogP contribution in [0, 0.1) is 22.7 Å². The van der Waals surface area contributed by atoms with Gasteiger partial charge >= 0.3 is 0 Å². The van der Waals surface area contributed by atoms with E-state index in [9.17, 15) is 10.1 Å². The molecular formula is C15H16N3O2+.